The van der Waals surface area contributed by atoms with Crippen LogP contribution in [0.3, 0.4) is 0 Å². The Morgan fingerprint density at radius 1 is 1.00 bits per heavy atom. The first-order valence-electron chi connectivity index (χ1n) is 9.69. The summed E-state index contributed by atoms with van der Waals surface area (Å²) < 4.78 is 13.0. The number of hydrogen-bond donors (Lipinski definition) is 0. The predicted octanol–water partition coefficient (Wildman–Crippen LogP) is 2.92. The molecule has 1 saturated heterocycles. The number of nitrogens with zero attached hydrogens (tertiary/aromatic N) is 3. The van der Waals surface area contributed by atoms with Crippen molar-refractivity contribution in [3.63, 3.8) is 0 Å². The molecule has 0 aromatic heterocycles. The Morgan fingerprint density at radius 3 is 2.41 bits per heavy atom. The van der Waals surface area contributed by atoms with Crippen LogP contribution in [-0.2, 0) is 17.8 Å². The monoisotopic (exact) mass is 367 g/mol. The zero-order valence-electron chi connectivity index (χ0n) is 15.8. The molecule has 1 amide bonds. The second-order valence-corrected chi connectivity index (χ2v) is 7.62. The highest BCUT2D eigenvalue weighted by Gasteiger charge is 2.31. The molecular weight excluding hydrogens is 341 g/mol. The van der Waals surface area contributed by atoms with Gasteiger partial charge in [-0.2, -0.15) is 0 Å². The molecule has 2 aliphatic rings. The normalized spacial score (nSPS) is 20.7. The fourth-order valence-electron chi connectivity index (χ4n) is 4.17. The lowest BCUT2D eigenvalue weighted by Gasteiger charge is -2.35. The largest absolute Gasteiger partial charge is 0.308 e. The second kappa shape index (κ2) is 7.79. The van der Waals surface area contributed by atoms with Crippen LogP contribution in [0.5, 0.6) is 0 Å². The number of rotatable bonds is 4. The molecule has 2 aromatic carbocycles. The van der Waals surface area contributed by atoms with Crippen molar-refractivity contribution in [3.05, 3.63) is 65.5 Å². The third kappa shape index (κ3) is 4.04. The van der Waals surface area contributed by atoms with Gasteiger partial charge in [0.15, 0.2) is 0 Å². The third-order valence-electron chi connectivity index (χ3n) is 5.62. The van der Waals surface area contributed by atoms with E-state index in [2.05, 4.69) is 28.9 Å². The van der Waals surface area contributed by atoms with Gasteiger partial charge in [0.2, 0.25) is 5.91 Å². The van der Waals surface area contributed by atoms with E-state index >= 15 is 0 Å². The molecule has 2 aromatic rings. The summed E-state index contributed by atoms with van der Waals surface area (Å²) in [4.78, 5) is 19.5. The van der Waals surface area contributed by atoms with E-state index in [0.29, 0.717) is 6.54 Å². The molecule has 2 aliphatic heterocycles. The molecule has 2 heterocycles. The van der Waals surface area contributed by atoms with Crippen LogP contribution in [-0.4, -0.2) is 54.5 Å². The van der Waals surface area contributed by atoms with E-state index in [1.807, 2.05) is 29.2 Å². The summed E-state index contributed by atoms with van der Waals surface area (Å²) in [7, 11) is 0. The molecule has 5 heteroatoms. The smallest absolute Gasteiger partial charge is 0.241 e. The topological polar surface area (TPSA) is 26.8 Å². The molecule has 0 bridgehead atoms. The number of carbonyl (C=O) groups excluding carboxylic acids is 1. The Kier molecular flexibility index (Phi) is 5.23. The van der Waals surface area contributed by atoms with E-state index in [1.54, 1.807) is 0 Å². The summed E-state index contributed by atoms with van der Waals surface area (Å²) in [5, 5.41) is 0. The number of halogens is 1. The first kappa shape index (κ1) is 18.1. The van der Waals surface area contributed by atoms with Crippen LogP contribution in [0.1, 0.15) is 18.1 Å². The fourth-order valence-corrected chi connectivity index (χ4v) is 4.17. The Labute approximate surface area is 160 Å². The van der Waals surface area contributed by atoms with Crippen LogP contribution in [0, 0.1) is 5.82 Å². The summed E-state index contributed by atoms with van der Waals surface area (Å²) in [6.45, 7) is 7.06. The predicted molar refractivity (Wildman–Crippen MR) is 105 cm³/mol. The number of amides is 1. The quantitative estimate of drug-likeness (QED) is 0.831. The van der Waals surface area contributed by atoms with Gasteiger partial charge in [-0.1, -0.05) is 30.3 Å². The molecule has 27 heavy (non-hydrogen) atoms. The van der Waals surface area contributed by atoms with E-state index in [9.17, 15) is 9.18 Å². The maximum Gasteiger partial charge on any atom is 0.241 e. The molecule has 142 valence electrons. The Morgan fingerprint density at radius 2 is 1.67 bits per heavy atom. The number of benzene rings is 2. The third-order valence-corrected chi connectivity index (χ3v) is 5.62. The minimum Gasteiger partial charge on any atom is -0.308 e. The lowest BCUT2D eigenvalue weighted by Crippen LogP contribution is -2.50. The van der Waals surface area contributed by atoms with E-state index in [-0.39, 0.29) is 17.8 Å². The van der Waals surface area contributed by atoms with Crippen LogP contribution in [0.25, 0.3) is 0 Å². The number of hydrogen-bond acceptors (Lipinski definition) is 3. The molecule has 0 spiro atoms. The van der Waals surface area contributed by atoms with Gasteiger partial charge in [0, 0.05) is 44.5 Å². The van der Waals surface area contributed by atoms with Crippen molar-refractivity contribution in [2.24, 2.45) is 0 Å². The SMILES string of the molecule is C[C@@H]1Cc2ccccc2N1C(=O)CN1CCN(Cc2ccc(F)cc2)CC1. The Balaban J connectivity index is 1.30. The standard InChI is InChI=1S/C22H26FN3O/c1-17-14-19-4-2-3-5-21(19)26(17)22(27)16-25-12-10-24(11-13-25)15-18-6-8-20(23)9-7-18/h2-9,17H,10-16H2,1H3/t17-/m1/s1. The average molecular weight is 367 g/mol. The van der Waals surface area contributed by atoms with Gasteiger partial charge in [0.05, 0.1) is 6.54 Å². The summed E-state index contributed by atoms with van der Waals surface area (Å²) in [6, 6.07) is 15.2. The molecule has 4 nitrogen and oxygen atoms in total. The molecular formula is C22H26FN3O. The van der Waals surface area contributed by atoms with Gasteiger partial charge >= 0.3 is 0 Å². The molecule has 0 N–H and O–H groups in total. The Hall–Kier alpha value is -2.24. The molecule has 4 rings (SSSR count). The average Bonchev–Trinajstić information content (AvgIpc) is 3.01. The van der Waals surface area contributed by atoms with Gasteiger partial charge in [0.25, 0.3) is 0 Å². The number of fused-ring (bicyclic) bond motifs is 1. The summed E-state index contributed by atoms with van der Waals surface area (Å²) in [6.07, 6.45) is 0.938. The number of carbonyl (C=O) groups is 1. The van der Waals surface area contributed by atoms with E-state index < -0.39 is 0 Å². The van der Waals surface area contributed by atoms with Crippen molar-refractivity contribution in [2.45, 2.75) is 25.9 Å². The van der Waals surface area contributed by atoms with Crippen LogP contribution in [0.2, 0.25) is 0 Å². The number of piperazine rings is 1. The van der Waals surface area contributed by atoms with Gasteiger partial charge < -0.3 is 4.90 Å². The van der Waals surface area contributed by atoms with Crippen molar-refractivity contribution in [2.75, 3.05) is 37.6 Å². The van der Waals surface area contributed by atoms with Crippen LogP contribution >= 0.6 is 0 Å². The molecule has 0 radical (unpaired) electrons. The lowest BCUT2D eigenvalue weighted by atomic mass is 10.1. The maximum absolute atomic E-state index is 13.0. The first-order chi connectivity index (χ1) is 13.1. The van der Waals surface area contributed by atoms with E-state index in [0.717, 1.165) is 50.4 Å². The minimum absolute atomic E-state index is 0.194. The van der Waals surface area contributed by atoms with E-state index in [1.165, 1.54) is 17.7 Å². The van der Waals surface area contributed by atoms with Crippen LogP contribution in [0.4, 0.5) is 10.1 Å². The molecule has 1 fully saturated rings. The van der Waals surface area contributed by atoms with Crippen molar-refractivity contribution in [3.8, 4) is 0 Å². The first-order valence-corrected chi connectivity index (χ1v) is 9.69. The Bertz CT molecular complexity index is 799. The highest BCUT2D eigenvalue weighted by Crippen LogP contribution is 2.31. The van der Waals surface area contributed by atoms with Gasteiger partial charge in [-0.25, -0.2) is 4.39 Å². The van der Waals surface area contributed by atoms with Crippen LogP contribution < -0.4 is 4.90 Å². The minimum atomic E-state index is -0.195. The van der Waals surface area contributed by atoms with Gasteiger partial charge in [-0.15, -0.1) is 0 Å². The second-order valence-electron chi connectivity index (χ2n) is 7.62. The van der Waals surface area contributed by atoms with E-state index in [4.69, 9.17) is 0 Å². The summed E-state index contributed by atoms with van der Waals surface area (Å²) in [5.74, 6) is -0.000712. The zero-order valence-corrected chi connectivity index (χ0v) is 15.8. The van der Waals surface area contributed by atoms with Gasteiger partial charge in [-0.05, 0) is 42.7 Å². The van der Waals surface area contributed by atoms with Crippen molar-refractivity contribution >= 4 is 11.6 Å². The summed E-state index contributed by atoms with van der Waals surface area (Å²) in [5.41, 5.74) is 3.47. The number of anilines is 1. The fraction of sp³-hybridized carbons (Fsp3) is 0.409. The number of para-hydroxylation sites is 1. The highest BCUT2D eigenvalue weighted by molar-refractivity contribution is 5.97. The molecule has 0 saturated carbocycles. The van der Waals surface area contributed by atoms with Gasteiger partial charge in [-0.3, -0.25) is 14.6 Å². The van der Waals surface area contributed by atoms with Crippen molar-refractivity contribution in [1.82, 2.24) is 9.80 Å². The summed E-state index contributed by atoms with van der Waals surface area (Å²) >= 11 is 0. The molecule has 1 atom stereocenters. The van der Waals surface area contributed by atoms with Gasteiger partial charge in [0.1, 0.15) is 5.82 Å². The van der Waals surface area contributed by atoms with Crippen molar-refractivity contribution in [1.29, 1.82) is 0 Å². The lowest BCUT2D eigenvalue weighted by molar-refractivity contribution is -0.120. The maximum atomic E-state index is 13.0. The molecule has 0 unspecified atom stereocenters. The highest BCUT2D eigenvalue weighted by atomic mass is 19.1. The van der Waals surface area contributed by atoms with Crippen LogP contribution in [0.15, 0.2) is 48.5 Å². The zero-order chi connectivity index (χ0) is 18.8. The van der Waals surface area contributed by atoms with Crippen molar-refractivity contribution < 1.29 is 9.18 Å². The molecule has 0 aliphatic carbocycles.